The Morgan fingerprint density at radius 3 is 2.62 bits per heavy atom. The minimum Gasteiger partial charge on any atom is -0.480 e. The molecule has 2 rings (SSSR count). The smallest absolute Gasteiger partial charge is 0.323 e. The van der Waals surface area contributed by atoms with Crippen molar-refractivity contribution in [3.8, 4) is 0 Å². The molecule has 114 valence electrons. The number of halogens is 2. The topological polar surface area (TPSA) is 83.7 Å². The minimum absolute atomic E-state index is 0.0142. The van der Waals surface area contributed by atoms with E-state index in [1.165, 1.54) is 4.90 Å². The predicted molar refractivity (Wildman–Crippen MR) is 78.0 cm³/mol. The van der Waals surface area contributed by atoms with Crippen LogP contribution < -0.4 is 4.90 Å². The number of carboxylic acids is 1. The summed E-state index contributed by atoms with van der Waals surface area (Å²) in [6, 6.07) is 2.00. The molecular weight excluding hydrogens is 347 g/mol. The predicted octanol–water partition coefficient (Wildman–Crippen LogP) is 3.33. The number of nitro benzene ring substituents is 1. The zero-order valence-corrected chi connectivity index (χ0v) is 12.7. The van der Waals surface area contributed by atoms with Gasteiger partial charge in [0.15, 0.2) is 0 Å². The van der Waals surface area contributed by atoms with Crippen LogP contribution in [0.3, 0.4) is 0 Å². The molecule has 1 aromatic rings. The molecule has 0 bridgehead atoms. The van der Waals surface area contributed by atoms with Crippen LogP contribution in [0.15, 0.2) is 16.6 Å². The van der Waals surface area contributed by atoms with Crippen molar-refractivity contribution in [2.45, 2.75) is 31.7 Å². The van der Waals surface area contributed by atoms with Crippen molar-refractivity contribution < 1.29 is 19.2 Å². The third-order valence-electron chi connectivity index (χ3n) is 3.59. The number of carbonyl (C=O) groups is 1. The van der Waals surface area contributed by atoms with E-state index in [0.29, 0.717) is 0 Å². The molecule has 0 aliphatic heterocycles. The molecule has 0 amide bonds. The molecule has 0 heterocycles. The maximum absolute atomic E-state index is 13.8. The number of hydrogen-bond acceptors (Lipinski definition) is 4. The van der Waals surface area contributed by atoms with Crippen LogP contribution in [0, 0.1) is 15.9 Å². The molecule has 0 unspecified atom stereocenters. The zero-order valence-electron chi connectivity index (χ0n) is 11.1. The SMILES string of the molecule is O=C(O)CN(c1cc(F)c(Br)cc1[N+](=O)[O-])C1CCCC1. The average molecular weight is 361 g/mol. The quantitative estimate of drug-likeness (QED) is 0.643. The number of carboxylic acid groups (broad SMARTS) is 1. The van der Waals surface area contributed by atoms with E-state index in [-0.39, 0.29) is 28.4 Å². The van der Waals surface area contributed by atoms with E-state index in [0.717, 1.165) is 37.8 Å². The van der Waals surface area contributed by atoms with Crippen molar-refractivity contribution >= 4 is 33.3 Å². The van der Waals surface area contributed by atoms with Crippen molar-refractivity contribution in [3.05, 3.63) is 32.5 Å². The van der Waals surface area contributed by atoms with E-state index in [9.17, 15) is 19.3 Å². The summed E-state index contributed by atoms with van der Waals surface area (Å²) in [6.45, 7) is -0.382. The number of hydrogen-bond donors (Lipinski definition) is 1. The summed E-state index contributed by atoms with van der Waals surface area (Å²) in [6.07, 6.45) is 3.38. The lowest BCUT2D eigenvalue weighted by Crippen LogP contribution is -2.38. The highest BCUT2D eigenvalue weighted by atomic mass is 79.9. The van der Waals surface area contributed by atoms with Gasteiger partial charge in [-0.25, -0.2) is 4.39 Å². The van der Waals surface area contributed by atoms with Crippen LogP contribution in [-0.2, 0) is 4.79 Å². The van der Waals surface area contributed by atoms with Crippen molar-refractivity contribution in [1.82, 2.24) is 0 Å². The number of nitro groups is 1. The third kappa shape index (κ3) is 3.49. The first kappa shape index (κ1) is 15.7. The number of nitrogens with zero attached hydrogens (tertiary/aromatic N) is 2. The minimum atomic E-state index is -1.10. The molecule has 0 saturated heterocycles. The normalized spacial score (nSPS) is 15.1. The summed E-state index contributed by atoms with van der Waals surface area (Å²) >= 11 is 2.92. The number of rotatable bonds is 5. The van der Waals surface area contributed by atoms with E-state index in [1.54, 1.807) is 0 Å². The van der Waals surface area contributed by atoms with Crippen LogP contribution in [0.2, 0.25) is 0 Å². The van der Waals surface area contributed by atoms with E-state index in [2.05, 4.69) is 15.9 Å². The molecule has 1 aliphatic rings. The standard InChI is InChI=1S/C13H14BrFN2O4/c14-9-5-12(17(20)21)11(6-10(9)15)16(7-13(18)19)8-3-1-2-4-8/h5-6,8H,1-4,7H2,(H,18,19). The lowest BCUT2D eigenvalue weighted by Gasteiger charge is -2.29. The zero-order chi connectivity index (χ0) is 15.6. The average Bonchev–Trinajstić information content (AvgIpc) is 2.92. The number of aliphatic carboxylic acids is 1. The maximum Gasteiger partial charge on any atom is 0.323 e. The second-order valence-corrected chi connectivity index (χ2v) is 5.83. The monoisotopic (exact) mass is 360 g/mol. The Morgan fingerprint density at radius 2 is 2.10 bits per heavy atom. The summed E-state index contributed by atoms with van der Waals surface area (Å²) in [5.74, 6) is -1.75. The van der Waals surface area contributed by atoms with Crippen molar-refractivity contribution in [3.63, 3.8) is 0 Å². The maximum atomic E-state index is 13.8. The summed E-state index contributed by atoms with van der Waals surface area (Å²) in [4.78, 5) is 23.0. The fourth-order valence-electron chi connectivity index (χ4n) is 2.67. The fourth-order valence-corrected chi connectivity index (χ4v) is 3.01. The molecule has 0 spiro atoms. The number of benzene rings is 1. The van der Waals surface area contributed by atoms with Gasteiger partial charge in [0.1, 0.15) is 18.0 Å². The summed E-state index contributed by atoms with van der Waals surface area (Å²) in [5.41, 5.74) is -0.272. The van der Waals surface area contributed by atoms with Crippen LogP contribution in [0.5, 0.6) is 0 Å². The van der Waals surface area contributed by atoms with E-state index in [4.69, 9.17) is 5.11 Å². The van der Waals surface area contributed by atoms with Gasteiger partial charge in [-0.15, -0.1) is 0 Å². The molecule has 21 heavy (non-hydrogen) atoms. The fraction of sp³-hybridized carbons (Fsp3) is 0.462. The Kier molecular flexibility index (Phi) is 4.76. The Balaban J connectivity index is 2.49. The Morgan fingerprint density at radius 1 is 1.48 bits per heavy atom. The highest BCUT2D eigenvalue weighted by Gasteiger charge is 2.30. The Hall–Kier alpha value is -1.70. The molecule has 0 atom stereocenters. The highest BCUT2D eigenvalue weighted by molar-refractivity contribution is 9.10. The molecule has 8 heteroatoms. The Bertz CT molecular complexity index is 576. The molecule has 1 N–H and O–H groups in total. The van der Waals surface area contributed by atoms with Gasteiger partial charge in [0.05, 0.1) is 9.40 Å². The second-order valence-electron chi connectivity index (χ2n) is 4.97. The number of anilines is 1. The van der Waals surface area contributed by atoms with Crippen LogP contribution in [0.25, 0.3) is 0 Å². The van der Waals surface area contributed by atoms with Crippen molar-refractivity contribution in [2.75, 3.05) is 11.4 Å². The first-order valence-corrected chi connectivity index (χ1v) is 7.31. The first-order valence-electron chi connectivity index (χ1n) is 6.52. The molecule has 0 radical (unpaired) electrons. The summed E-state index contributed by atoms with van der Waals surface area (Å²) in [5, 5.41) is 20.2. The molecular formula is C13H14BrFN2O4. The van der Waals surface area contributed by atoms with Gasteiger partial charge in [-0.2, -0.15) is 0 Å². The van der Waals surface area contributed by atoms with Crippen LogP contribution in [-0.4, -0.2) is 28.6 Å². The molecule has 1 aromatic carbocycles. The molecule has 0 aromatic heterocycles. The molecule has 6 nitrogen and oxygen atoms in total. The van der Waals surface area contributed by atoms with Gasteiger partial charge in [-0.05, 0) is 28.8 Å². The molecule has 1 saturated carbocycles. The Labute approximate surface area is 128 Å². The van der Waals surface area contributed by atoms with Gasteiger partial charge in [-0.3, -0.25) is 14.9 Å². The van der Waals surface area contributed by atoms with E-state index in [1.807, 2.05) is 0 Å². The van der Waals surface area contributed by atoms with Crippen LogP contribution >= 0.6 is 15.9 Å². The van der Waals surface area contributed by atoms with Gasteiger partial charge >= 0.3 is 5.97 Å². The lowest BCUT2D eigenvalue weighted by atomic mass is 10.1. The van der Waals surface area contributed by atoms with Gasteiger partial charge in [-0.1, -0.05) is 12.8 Å². The largest absolute Gasteiger partial charge is 0.480 e. The van der Waals surface area contributed by atoms with Gasteiger partial charge in [0.2, 0.25) is 0 Å². The van der Waals surface area contributed by atoms with Crippen LogP contribution in [0.1, 0.15) is 25.7 Å². The van der Waals surface area contributed by atoms with E-state index >= 15 is 0 Å². The van der Waals surface area contributed by atoms with Gasteiger partial charge in [0.25, 0.3) is 5.69 Å². The van der Waals surface area contributed by atoms with Crippen molar-refractivity contribution in [2.24, 2.45) is 0 Å². The van der Waals surface area contributed by atoms with Gasteiger partial charge < -0.3 is 10.0 Å². The molecule has 1 aliphatic carbocycles. The van der Waals surface area contributed by atoms with Crippen LogP contribution in [0.4, 0.5) is 15.8 Å². The summed E-state index contributed by atoms with van der Waals surface area (Å²) in [7, 11) is 0. The first-order chi connectivity index (χ1) is 9.90. The van der Waals surface area contributed by atoms with E-state index < -0.39 is 16.7 Å². The van der Waals surface area contributed by atoms with Crippen molar-refractivity contribution in [1.29, 1.82) is 0 Å². The van der Waals surface area contributed by atoms with Gasteiger partial charge in [0, 0.05) is 18.2 Å². The highest BCUT2D eigenvalue weighted by Crippen LogP contribution is 2.37. The second kappa shape index (κ2) is 6.38. The summed E-state index contributed by atoms with van der Waals surface area (Å²) < 4.78 is 13.7. The molecule has 1 fully saturated rings. The third-order valence-corrected chi connectivity index (χ3v) is 4.20. The lowest BCUT2D eigenvalue weighted by molar-refractivity contribution is -0.384.